The second-order valence-corrected chi connectivity index (χ2v) is 11.8. The lowest BCUT2D eigenvalue weighted by atomic mass is 9.48. The van der Waals surface area contributed by atoms with Gasteiger partial charge in [-0.2, -0.15) is 0 Å². The van der Waals surface area contributed by atoms with E-state index in [0.717, 1.165) is 36.0 Å². The van der Waals surface area contributed by atoms with Gasteiger partial charge in [0, 0.05) is 0 Å². The minimum Gasteiger partial charge on any atom is -0.481 e. The first kappa shape index (κ1) is 17.4. The monoisotopic (exact) mass is 396 g/mol. The van der Waals surface area contributed by atoms with E-state index in [4.69, 9.17) is 0 Å². The second kappa shape index (κ2) is 5.48. The average Bonchev–Trinajstić information content (AvgIpc) is 3.53. The van der Waals surface area contributed by atoms with E-state index in [1.165, 1.54) is 44.9 Å². The Morgan fingerprint density at radius 3 is 2.17 bits per heavy atom. The zero-order chi connectivity index (χ0) is 19.7. The topological polar surface area (TPSA) is 74.6 Å². The first-order chi connectivity index (χ1) is 14.0. The third-order valence-electron chi connectivity index (χ3n) is 11.5. The molecule has 156 valence electrons. The summed E-state index contributed by atoms with van der Waals surface area (Å²) in [5.74, 6) is 2.63. The molecule has 12 atom stereocenters. The molecule has 0 heterocycles. The minimum atomic E-state index is -0.845. The molecule has 7 aliphatic rings. The van der Waals surface area contributed by atoms with Crippen molar-refractivity contribution >= 4 is 11.9 Å². The van der Waals surface area contributed by atoms with E-state index in [2.05, 4.69) is 12.2 Å². The molecule has 6 fully saturated rings. The maximum absolute atomic E-state index is 12.3. The van der Waals surface area contributed by atoms with Crippen molar-refractivity contribution in [2.24, 2.45) is 76.4 Å². The molecule has 2 N–H and O–H groups in total. The Hall–Kier alpha value is -1.32. The third-order valence-corrected chi connectivity index (χ3v) is 11.5. The van der Waals surface area contributed by atoms with Crippen LogP contribution < -0.4 is 0 Å². The van der Waals surface area contributed by atoms with Crippen molar-refractivity contribution in [2.75, 3.05) is 0 Å². The quantitative estimate of drug-likeness (QED) is 0.551. The highest BCUT2D eigenvalue weighted by Crippen LogP contribution is 2.83. The summed E-state index contributed by atoms with van der Waals surface area (Å²) in [5.41, 5.74) is 0.321. The molecule has 7 rings (SSSR count). The number of hydrogen-bond donors (Lipinski definition) is 2. The molecule has 6 saturated carbocycles. The SMILES string of the molecule is O=C(O)C1C2CC(C1C(=O)O)C1C2C2CC1(C1CCCCC1)C1C3C=CC(C3)C21. The van der Waals surface area contributed by atoms with Gasteiger partial charge in [0.25, 0.3) is 0 Å². The number of carbonyl (C=O) groups is 2. The first-order valence-corrected chi connectivity index (χ1v) is 12.2. The minimum absolute atomic E-state index is 0.111. The largest absolute Gasteiger partial charge is 0.481 e. The van der Waals surface area contributed by atoms with Crippen molar-refractivity contribution in [2.45, 2.75) is 51.4 Å². The van der Waals surface area contributed by atoms with Crippen LogP contribution in [0.3, 0.4) is 0 Å². The van der Waals surface area contributed by atoms with Gasteiger partial charge in [-0.15, -0.1) is 0 Å². The Morgan fingerprint density at radius 1 is 0.759 bits per heavy atom. The number of rotatable bonds is 3. The predicted octanol–water partition coefficient (Wildman–Crippen LogP) is 4.31. The summed E-state index contributed by atoms with van der Waals surface area (Å²) < 4.78 is 0. The van der Waals surface area contributed by atoms with Gasteiger partial charge in [0.1, 0.15) is 0 Å². The number of carboxylic acid groups (broad SMARTS) is 2. The van der Waals surface area contributed by atoms with Crippen LogP contribution in [0.2, 0.25) is 0 Å². The molecule has 0 aromatic heterocycles. The smallest absolute Gasteiger partial charge is 0.307 e. The van der Waals surface area contributed by atoms with Crippen LogP contribution in [0.15, 0.2) is 12.2 Å². The van der Waals surface area contributed by atoms with Gasteiger partial charge in [0.05, 0.1) is 11.8 Å². The molecule has 0 spiro atoms. The number of allylic oxidation sites excluding steroid dienone is 2. The lowest BCUT2D eigenvalue weighted by Crippen LogP contribution is -2.54. The molecule has 0 amide bonds. The normalized spacial score (nSPS) is 58.7. The van der Waals surface area contributed by atoms with Crippen molar-refractivity contribution in [3.8, 4) is 0 Å². The Balaban J connectivity index is 1.37. The Bertz CT molecular complexity index is 812. The third kappa shape index (κ3) is 1.81. The average molecular weight is 397 g/mol. The van der Waals surface area contributed by atoms with Gasteiger partial charge in [-0.05, 0) is 96.7 Å². The molecular formula is C25H32O4. The maximum Gasteiger partial charge on any atom is 0.307 e. The number of carboxylic acids is 2. The lowest BCUT2D eigenvalue weighted by Gasteiger charge is -2.56. The van der Waals surface area contributed by atoms with Crippen molar-refractivity contribution in [3.63, 3.8) is 0 Å². The van der Waals surface area contributed by atoms with E-state index in [1.807, 2.05) is 0 Å². The second-order valence-electron chi connectivity index (χ2n) is 11.8. The maximum atomic E-state index is 12.3. The highest BCUT2D eigenvalue weighted by atomic mass is 16.4. The molecular weight excluding hydrogens is 364 g/mol. The summed E-state index contributed by atoms with van der Waals surface area (Å²) in [4.78, 5) is 24.4. The Kier molecular flexibility index (Phi) is 3.28. The summed E-state index contributed by atoms with van der Waals surface area (Å²) in [7, 11) is 0. The molecule has 6 bridgehead atoms. The van der Waals surface area contributed by atoms with Crippen LogP contribution in [0.25, 0.3) is 0 Å². The number of aliphatic carboxylic acids is 2. The summed E-state index contributed by atoms with van der Waals surface area (Å²) >= 11 is 0. The predicted molar refractivity (Wildman–Crippen MR) is 106 cm³/mol. The number of fused-ring (bicyclic) bond motifs is 16. The van der Waals surface area contributed by atoms with E-state index < -0.39 is 23.8 Å². The zero-order valence-electron chi connectivity index (χ0n) is 17.0. The summed E-state index contributed by atoms with van der Waals surface area (Å²) in [5, 5.41) is 20.0. The zero-order valence-corrected chi connectivity index (χ0v) is 17.0. The van der Waals surface area contributed by atoms with E-state index in [0.29, 0.717) is 23.2 Å². The van der Waals surface area contributed by atoms with Crippen LogP contribution in [0.1, 0.15) is 51.4 Å². The standard InChI is InChI=1S/C25H32O4/c26-23(27)19-14-9-15(20(19)24(28)29)22-18(14)16-10-25(22,13-4-2-1-3-5-13)21-12-7-6-11(8-12)17(16)21/h6-7,11-22H,1-5,8-10H2,(H,26,27)(H,28,29). The molecule has 0 aromatic carbocycles. The van der Waals surface area contributed by atoms with Crippen LogP contribution >= 0.6 is 0 Å². The highest BCUT2D eigenvalue weighted by Gasteiger charge is 2.80. The molecule has 0 radical (unpaired) electrons. The van der Waals surface area contributed by atoms with E-state index in [1.54, 1.807) is 0 Å². The van der Waals surface area contributed by atoms with Gasteiger partial charge < -0.3 is 10.2 Å². The molecule has 4 heteroatoms. The van der Waals surface area contributed by atoms with Gasteiger partial charge in [-0.3, -0.25) is 9.59 Å². The van der Waals surface area contributed by atoms with Gasteiger partial charge in [-0.1, -0.05) is 31.4 Å². The van der Waals surface area contributed by atoms with Crippen LogP contribution in [0.4, 0.5) is 0 Å². The molecule has 12 unspecified atom stereocenters. The van der Waals surface area contributed by atoms with E-state index in [9.17, 15) is 19.8 Å². The van der Waals surface area contributed by atoms with E-state index in [-0.39, 0.29) is 11.8 Å². The molecule has 4 nitrogen and oxygen atoms in total. The highest BCUT2D eigenvalue weighted by molar-refractivity contribution is 5.82. The fourth-order valence-corrected chi connectivity index (χ4v) is 11.5. The Morgan fingerprint density at radius 2 is 1.45 bits per heavy atom. The van der Waals surface area contributed by atoms with Gasteiger partial charge >= 0.3 is 11.9 Å². The molecule has 29 heavy (non-hydrogen) atoms. The van der Waals surface area contributed by atoms with Crippen LogP contribution in [-0.2, 0) is 9.59 Å². The van der Waals surface area contributed by atoms with Crippen LogP contribution in [0, 0.1) is 76.4 Å². The number of hydrogen-bond acceptors (Lipinski definition) is 2. The summed E-state index contributed by atoms with van der Waals surface area (Å²) in [6.07, 6.45) is 15.2. The molecule has 0 aromatic rings. The van der Waals surface area contributed by atoms with Crippen molar-refractivity contribution in [1.82, 2.24) is 0 Å². The van der Waals surface area contributed by atoms with E-state index >= 15 is 0 Å². The van der Waals surface area contributed by atoms with Gasteiger partial charge in [0.15, 0.2) is 0 Å². The summed E-state index contributed by atoms with van der Waals surface area (Å²) in [6.45, 7) is 0. The first-order valence-electron chi connectivity index (χ1n) is 12.2. The fraction of sp³-hybridized carbons (Fsp3) is 0.840. The fourth-order valence-electron chi connectivity index (χ4n) is 11.5. The summed E-state index contributed by atoms with van der Waals surface area (Å²) in [6, 6.07) is 0. The molecule has 0 saturated heterocycles. The Labute approximate surface area is 172 Å². The lowest BCUT2D eigenvalue weighted by molar-refractivity contribution is -0.165. The van der Waals surface area contributed by atoms with Crippen molar-refractivity contribution < 1.29 is 19.8 Å². The van der Waals surface area contributed by atoms with Crippen LogP contribution in [-0.4, -0.2) is 22.2 Å². The molecule has 0 aliphatic heterocycles. The van der Waals surface area contributed by atoms with Gasteiger partial charge in [-0.25, -0.2) is 0 Å². The van der Waals surface area contributed by atoms with Crippen molar-refractivity contribution in [3.05, 3.63) is 12.2 Å². The molecule has 7 aliphatic carbocycles. The van der Waals surface area contributed by atoms with Crippen LogP contribution in [0.5, 0.6) is 0 Å². The van der Waals surface area contributed by atoms with Crippen molar-refractivity contribution in [1.29, 1.82) is 0 Å². The van der Waals surface area contributed by atoms with Gasteiger partial charge in [0.2, 0.25) is 0 Å².